The van der Waals surface area contributed by atoms with Crippen LogP contribution in [0.5, 0.6) is 5.75 Å². The van der Waals surface area contributed by atoms with Crippen LogP contribution in [0.4, 0.5) is 5.82 Å². The Morgan fingerprint density at radius 3 is 2.69 bits per heavy atom. The van der Waals surface area contributed by atoms with Gasteiger partial charge in [0, 0.05) is 42.4 Å². The summed E-state index contributed by atoms with van der Waals surface area (Å²) in [6, 6.07) is 9.12. The van der Waals surface area contributed by atoms with Crippen LogP contribution in [-0.4, -0.2) is 50.1 Å². The lowest BCUT2D eigenvalue weighted by atomic mass is 9.97. The summed E-state index contributed by atoms with van der Waals surface area (Å²) in [5, 5.41) is 17.4. The number of carbonyl (C=O) groups excluding carboxylic acids is 1. The van der Waals surface area contributed by atoms with Crippen molar-refractivity contribution < 1.29 is 9.53 Å². The molecule has 2 aliphatic rings. The number of ether oxygens (including phenoxy) is 1. The first kappa shape index (κ1) is 20.3. The van der Waals surface area contributed by atoms with Crippen molar-refractivity contribution in [3.63, 3.8) is 0 Å². The van der Waals surface area contributed by atoms with E-state index in [0.717, 1.165) is 48.1 Å². The molecule has 2 unspecified atom stereocenters. The van der Waals surface area contributed by atoms with Gasteiger partial charge in [0.2, 0.25) is 5.91 Å². The van der Waals surface area contributed by atoms with E-state index in [1.165, 1.54) is 0 Å². The van der Waals surface area contributed by atoms with Gasteiger partial charge in [0.15, 0.2) is 0 Å². The minimum absolute atomic E-state index is 0.190. The monoisotopic (exact) mass is 430 g/mol. The van der Waals surface area contributed by atoms with Crippen LogP contribution < -0.4 is 10.1 Å². The molecule has 5 heterocycles. The second-order valence-corrected chi connectivity index (χ2v) is 8.54. The molecule has 1 N–H and O–H groups in total. The number of nitrogens with one attached hydrogen (secondary N) is 1. The van der Waals surface area contributed by atoms with Crippen molar-refractivity contribution in [1.29, 1.82) is 5.26 Å². The number of piperidine rings is 1. The summed E-state index contributed by atoms with van der Waals surface area (Å²) in [5.74, 6) is 1.70. The summed E-state index contributed by atoms with van der Waals surface area (Å²) < 4.78 is 7.37. The molecule has 2 aliphatic heterocycles. The van der Waals surface area contributed by atoms with Gasteiger partial charge in [-0.25, -0.2) is 9.50 Å². The van der Waals surface area contributed by atoms with Crippen molar-refractivity contribution in [2.75, 3.05) is 11.9 Å². The molecule has 0 spiro atoms. The molecule has 2 atom stereocenters. The molecule has 8 nitrogen and oxygen atoms in total. The maximum absolute atomic E-state index is 11.9. The first-order valence-electron chi connectivity index (χ1n) is 11.1. The molecule has 2 fully saturated rings. The third-order valence-electron chi connectivity index (χ3n) is 6.54. The topological polar surface area (TPSA) is 95.5 Å². The molecule has 2 saturated heterocycles. The van der Waals surface area contributed by atoms with Gasteiger partial charge in [0.1, 0.15) is 17.6 Å². The average Bonchev–Trinajstić information content (AvgIpc) is 3.32. The predicted octanol–water partition coefficient (Wildman–Crippen LogP) is 3.62. The molecule has 3 aromatic heterocycles. The first-order chi connectivity index (χ1) is 15.6. The number of aromatic nitrogens is 3. The van der Waals surface area contributed by atoms with Crippen LogP contribution in [0, 0.1) is 11.3 Å². The standard InChI is InChI=1S/C24H26N6O2/c1-3-32-21-10-22(24-17(11-25)13-27-29(24)14-21)16-4-7-23(26-12-16)28-18-8-19-5-6-20(9-18)30(19)15(2)31/h4,7,10,12-14,18-20H,3,5-6,8-9H2,1-2H3,(H,26,28). The minimum atomic E-state index is 0.190. The SMILES string of the molecule is CCOc1cc(-c2ccc(NC3CC4CCC(C3)N4C(C)=O)nc2)c2c(C#N)cnn2c1. The van der Waals surface area contributed by atoms with Crippen molar-refractivity contribution in [3.8, 4) is 22.9 Å². The highest BCUT2D eigenvalue weighted by Gasteiger charge is 2.41. The third kappa shape index (κ3) is 3.54. The number of hydrogen-bond donors (Lipinski definition) is 1. The Kier molecular flexibility index (Phi) is 5.17. The van der Waals surface area contributed by atoms with Gasteiger partial charge in [-0.05, 0) is 50.8 Å². The lowest BCUT2D eigenvalue weighted by Gasteiger charge is -2.38. The molecule has 2 bridgehead atoms. The van der Waals surface area contributed by atoms with E-state index in [0.29, 0.717) is 36.0 Å². The first-order valence-corrected chi connectivity index (χ1v) is 11.1. The van der Waals surface area contributed by atoms with Crippen LogP contribution >= 0.6 is 0 Å². The van der Waals surface area contributed by atoms with E-state index in [2.05, 4.69) is 26.4 Å². The Morgan fingerprint density at radius 1 is 1.28 bits per heavy atom. The second-order valence-electron chi connectivity index (χ2n) is 8.54. The molecule has 1 amide bonds. The zero-order chi connectivity index (χ0) is 22.2. The van der Waals surface area contributed by atoms with Gasteiger partial charge in [0.05, 0.1) is 30.1 Å². The Bertz CT molecular complexity index is 1180. The van der Waals surface area contributed by atoms with Gasteiger partial charge in [0.25, 0.3) is 0 Å². The van der Waals surface area contributed by atoms with Crippen LogP contribution in [0.1, 0.15) is 45.1 Å². The Balaban J connectivity index is 1.39. The second kappa shape index (κ2) is 8.15. The summed E-state index contributed by atoms with van der Waals surface area (Å²) in [6.07, 6.45) is 9.27. The molecule has 164 valence electrons. The van der Waals surface area contributed by atoms with Gasteiger partial charge in [-0.15, -0.1) is 0 Å². The highest BCUT2D eigenvalue weighted by Crippen LogP contribution is 2.37. The summed E-state index contributed by atoms with van der Waals surface area (Å²) in [7, 11) is 0. The van der Waals surface area contributed by atoms with Crippen LogP contribution in [0.25, 0.3) is 16.6 Å². The lowest BCUT2D eigenvalue weighted by Crippen LogP contribution is -2.48. The van der Waals surface area contributed by atoms with Crippen LogP contribution in [-0.2, 0) is 4.79 Å². The summed E-state index contributed by atoms with van der Waals surface area (Å²) in [4.78, 5) is 18.7. The fourth-order valence-corrected chi connectivity index (χ4v) is 5.30. The zero-order valence-electron chi connectivity index (χ0n) is 18.3. The Hall–Kier alpha value is -3.60. The molecule has 8 heteroatoms. The van der Waals surface area contributed by atoms with E-state index in [9.17, 15) is 10.1 Å². The van der Waals surface area contributed by atoms with E-state index in [-0.39, 0.29) is 5.91 Å². The van der Waals surface area contributed by atoms with E-state index in [4.69, 9.17) is 4.74 Å². The van der Waals surface area contributed by atoms with E-state index in [1.54, 1.807) is 23.8 Å². The third-order valence-corrected chi connectivity index (χ3v) is 6.54. The summed E-state index contributed by atoms with van der Waals surface area (Å²) in [5.41, 5.74) is 3.01. The molecule has 5 rings (SSSR count). The van der Waals surface area contributed by atoms with Crippen LogP contribution in [0.3, 0.4) is 0 Å². The van der Waals surface area contributed by atoms with Crippen LogP contribution in [0.15, 0.2) is 36.8 Å². The van der Waals surface area contributed by atoms with Gasteiger partial charge < -0.3 is 15.0 Å². The van der Waals surface area contributed by atoms with E-state index < -0.39 is 0 Å². The number of nitriles is 1. The van der Waals surface area contributed by atoms with Gasteiger partial charge in [-0.1, -0.05) is 0 Å². The molecule has 0 radical (unpaired) electrons. The fraction of sp³-hybridized carbons (Fsp3) is 0.417. The molecular weight excluding hydrogens is 404 g/mol. The lowest BCUT2D eigenvalue weighted by molar-refractivity contribution is -0.133. The smallest absolute Gasteiger partial charge is 0.219 e. The van der Waals surface area contributed by atoms with Gasteiger partial charge >= 0.3 is 0 Å². The molecule has 32 heavy (non-hydrogen) atoms. The van der Waals surface area contributed by atoms with Crippen molar-refractivity contribution in [3.05, 3.63) is 42.4 Å². The van der Waals surface area contributed by atoms with Crippen molar-refractivity contribution in [2.45, 2.75) is 57.7 Å². The normalized spacial score (nSPS) is 22.0. The molecule has 0 aromatic carbocycles. The van der Waals surface area contributed by atoms with Crippen molar-refractivity contribution in [2.24, 2.45) is 0 Å². The number of fused-ring (bicyclic) bond motifs is 3. The maximum atomic E-state index is 11.9. The zero-order valence-corrected chi connectivity index (χ0v) is 18.3. The highest BCUT2D eigenvalue weighted by atomic mass is 16.5. The van der Waals surface area contributed by atoms with Gasteiger partial charge in [-0.2, -0.15) is 10.4 Å². The quantitative estimate of drug-likeness (QED) is 0.664. The number of hydrogen-bond acceptors (Lipinski definition) is 6. The molecule has 3 aromatic rings. The van der Waals surface area contributed by atoms with E-state index >= 15 is 0 Å². The van der Waals surface area contributed by atoms with Crippen molar-refractivity contribution >= 4 is 17.2 Å². The summed E-state index contributed by atoms with van der Waals surface area (Å²) in [6.45, 7) is 4.15. The number of nitrogens with zero attached hydrogens (tertiary/aromatic N) is 5. The molecule has 0 saturated carbocycles. The minimum Gasteiger partial charge on any atom is -0.492 e. The number of carbonyl (C=O) groups is 1. The highest BCUT2D eigenvalue weighted by molar-refractivity contribution is 5.85. The number of rotatable bonds is 5. The van der Waals surface area contributed by atoms with Gasteiger partial charge in [-0.3, -0.25) is 4.79 Å². The number of amides is 1. The fourth-order valence-electron chi connectivity index (χ4n) is 5.30. The summed E-state index contributed by atoms with van der Waals surface area (Å²) >= 11 is 0. The Labute approximate surface area is 186 Å². The molecule has 0 aliphatic carbocycles. The largest absolute Gasteiger partial charge is 0.492 e. The maximum Gasteiger partial charge on any atom is 0.219 e. The molecular formula is C24H26N6O2. The average molecular weight is 431 g/mol. The Morgan fingerprint density at radius 2 is 2.06 bits per heavy atom. The predicted molar refractivity (Wildman–Crippen MR) is 120 cm³/mol. The number of anilines is 1. The van der Waals surface area contributed by atoms with Crippen molar-refractivity contribution in [1.82, 2.24) is 19.5 Å². The number of pyridine rings is 2. The van der Waals surface area contributed by atoms with E-state index in [1.807, 2.05) is 31.3 Å². The van der Waals surface area contributed by atoms with Crippen LogP contribution in [0.2, 0.25) is 0 Å².